The number of hydrogen-bond donors (Lipinski definition) is 3. The molecule has 0 radical (unpaired) electrons. The van der Waals surface area contributed by atoms with Crippen LogP contribution >= 0.6 is 11.6 Å². The van der Waals surface area contributed by atoms with E-state index in [-0.39, 0.29) is 11.3 Å². The van der Waals surface area contributed by atoms with Crippen LogP contribution in [-0.4, -0.2) is 37.4 Å². The van der Waals surface area contributed by atoms with E-state index in [1.165, 1.54) is 5.56 Å². The second-order valence-corrected chi connectivity index (χ2v) is 9.80. The molecule has 0 aliphatic heterocycles. The molecule has 1 aromatic carbocycles. The third-order valence-electron chi connectivity index (χ3n) is 2.95. The number of nitrogens with one attached hydrogen (secondary N) is 1. The van der Waals surface area contributed by atoms with Crippen molar-refractivity contribution in [1.82, 2.24) is 5.32 Å². The first-order chi connectivity index (χ1) is 8.93. The molecule has 20 heavy (non-hydrogen) atoms. The summed E-state index contributed by atoms with van der Waals surface area (Å²) in [5.74, 6) is -0.110. The predicted molar refractivity (Wildman–Crippen MR) is 86.0 cm³/mol. The van der Waals surface area contributed by atoms with Gasteiger partial charge < -0.3 is 14.4 Å². The molecule has 0 aliphatic carbocycles. The van der Waals surface area contributed by atoms with Crippen LogP contribution in [0.1, 0.15) is 25.8 Å². The van der Waals surface area contributed by atoms with E-state index < -0.39 is 9.63 Å². The highest BCUT2D eigenvalue weighted by atomic mass is 35.5. The van der Waals surface area contributed by atoms with Gasteiger partial charge in [0.1, 0.15) is 0 Å². The first kappa shape index (κ1) is 17.6. The average molecular weight is 322 g/mol. The number of benzene rings is 1. The third-order valence-corrected chi connectivity index (χ3v) is 4.43. The molecular weight excluding hydrogens is 298 g/mol. The molecule has 0 unspecified atom stereocenters. The maximum Gasteiger partial charge on any atom is 0.0799 e. The van der Waals surface area contributed by atoms with Crippen molar-refractivity contribution >= 4 is 21.2 Å². The number of rotatable bonds is 7. The largest absolute Gasteiger partial charge is 0.311 e. The van der Waals surface area contributed by atoms with Crippen molar-refractivity contribution in [2.45, 2.75) is 32.2 Å². The van der Waals surface area contributed by atoms with E-state index in [2.05, 4.69) is 19.2 Å². The standard InChI is InChI=1S/C14H24ClNO3S/c1-14(2,11-12-5-7-13(15)8-6-12)16-9-4-10-20(3,17,18)19/h5-8,16H,4,9-11H2,1-3H3,(H2,17,18,19). The first-order valence-corrected chi connectivity index (χ1v) is 9.39. The second-order valence-electron chi connectivity index (χ2n) is 6.10. The fourth-order valence-electron chi connectivity index (χ4n) is 2.01. The minimum Gasteiger partial charge on any atom is -0.311 e. The van der Waals surface area contributed by atoms with Gasteiger partial charge in [0.15, 0.2) is 0 Å². The summed E-state index contributed by atoms with van der Waals surface area (Å²) in [6.07, 6.45) is 2.25. The molecule has 0 heterocycles. The van der Waals surface area contributed by atoms with Gasteiger partial charge in [0.25, 0.3) is 0 Å². The predicted octanol–water partition coefficient (Wildman–Crippen LogP) is 3.04. The molecule has 0 amide bonds. The Morgan fingerprint density at radius 3 is 2.30 bits per heavy atom. The molecule has 0 saturated heterocycles. The Balaban J connectivity index is 2.42. The zero-order valence-electron chi connectivity index (χ0n) is 12.2. The Morgan fingerprint density at radius 2 is 1.80 bits per heavy atom. The lowest BCUT2D eigenvalue weighted by Crippen LogP contribution is -2.43. The number of halogens is 1. The highest BCUT2D eigenvalue weighted by molar-refractivity contribution is 8.09. The summed E-state index contributed by atoms with van der Waals surface area (Å²) in [5.41, 5.74) is 1.04. The quantitative estimate of drug-likeness (QED) is 0.675. The molecule has 0 fully saturated rings. The maximum atomic E-state index is 11.3. The summed E-state index contributed by atoms with van der Waals surface area (Å²) in [6.45, 7) is 4.71. The van der Waals surface area contributed by atoms with Crippen molar-refractivity contribution in [3.05, 3.63) is 34.9 Å². The fraction of sp³-hybridized carbons (Fsp3) is 0.571. The van der Waals surface area contributed by atoms with E-state index in [0.29, 0.717) is 18.0 Å². The zero-order valence-corrected chi connectivity index (χ0v) is 13.8. The molecule has 6 heteroatoms. The molecule has 1 aromatic rings. The van der Waals surface area contributed by atoms with Crippen molar-refractivity contribution in [2.75, 3.05) is 18.6 Å². The van der Waals surface area contributed by atoms with Crippen LogP contribution in [0.4, 0.5) is 0 Å². The molecule has 0 saturated carbocycles. The van der Waals surface area contributed by atoms with E-state index >= 15 is 0 Å². The Morgan fingerprint density at radius 1 is 1.25 bits per heavy atom. The van der Waals surface area contributed by atoms with Gasteiger partial charge in [0, 0.05) is 22.6 Å². The van der Waals surface area contributed by atoms with Gasteiger partial charge in [-0.05, 0) is 50.9 Å². The molecule has 116 valence electrons. The summed E-state index contributed by atoms with van der Waals surface area (Å²) < 4.78 is 29.8. The smallest absolute Gasteiger partial charge is 0.0799 e. The van der Waals surface area contributed by atoms with Crippen molar-refractivity contribution < 1.29 is 13.3 Å². The lowest BCUT2D eigenvalue weighted by atomic mass is 9.95. The van der Waals surface area contributed by atoms with Crippen molar-refractivity contribution in [1.29, 1.82) is 0 Å². The van der Waals surface area contributed by atoms with Crippen LogP contribution in [0.5, 0.6) is 0 Å². The van der Waals surface area contributed by atoms with Gasteiger partial charge in [0.05, 0.1) is 9.63 Å². The lowest BCUT2D eigenvalue weighted by molar-refractivity contribution is 0.374. The lowest BCUT2D eigenvalue weighted by Gasteiger charge is -2.29. The summed E-state index contributed by atoms with van der Waals surface area (Å²) in [7, 11) is -4.36. The van der Waals surface area contributed by atoms with E-state index in [9.17, 15) is 13.3 Å². The van der Waals surface area contributed by atoms with Gasteiger partial charge in [-0.25, -0.2) is 4.21 Å². The van der Waals surface area contributed by atoms with E-state index in [4.69, 9.17) is 11.6 Å². The number of hydrogen-bond acceptors (Lipinski definition) is 2. The molecule has 0 atom stereocenters. The van der Waals surface area contributed by atoms with Crippen LogP contribution in [-0.2, 0) is 16.0 Å². The van der Waals surface area contributed by atoms with Gasteiger partial charge in [-0.2, -0.15) is 0 Å². The van der Waals surface area contributed by atoms with Gasteiger partial charge in [-0.3, -0.25) is 0 Å². The Labute approximate surface area is 126 Å². The molecular formula is C14H24ClNO3S. The molecule has 0 aliphatic rings. The van der Waals surface area contributed by atoms with Crippen molar-refractivity contribution in [3.8, 4) is 0 Å². The first-order valence-electron chi connectivity index (χ1n) is 6.55. The Hall–Kier alpha value is -0.460. The van der Waals surface area contributed by atoms with Gasteiger partial charge in [-0.15, -0.1) is 0 Å². The Kier molecular flexibility index (Phi) is 5.38. The monoisotopic (exact) mass is 321 g/mol. The molecule has 0 aromatic heterocycles. The van der Waals surface area contributed by atoms with E-state index in [1.807, 2.05) is 24.3 Å². The van der Waals surface area contributed by atoms with Gasteiger partial charge in [-0.1, -0.05) is 23.7 Å². The van der Waals surface area contributed by atoms with Crippen molar-refractivity contribution in [2.24, 2.45) is 0 Å². The van der Waals surface area contributed by atoms with Crippen LogP contribution in [0.3, 0.4) is 0 Å². The van der Waals surface area contributed by atoms with Crippen LogP contribution in [0.15, 0.2) is 24.3 Å². The summed E-state index contributed by atoms with van der Waals surface area (Å²) in [4.78, 5) is 0. The molecule has 0 spiro atoms. The van der Waals surface area contributed by atoms with Crippen LogP contribution in [0, 0.1) is 0 Å². The summed E-state index contributed by atoms with van der Waals surface area (Å²) >= 11 is 5.85. The van der Waals surface area contributed by atoms with E-state index in [0.717, 1.165) is 12.7 Å². The highest BCUT2D eigenvalue weighted by Crippen LogP contribution is 2.16. The average Bonchev–Trinajstić information content (AvgIpc) is 2.26. The minimum absolute atomic E-state index is 0.110. The minimum atomic E-state index is -4.36. The van der Waals surface area contributed by atoms with Crippen LogP contribution < -0.4 is 5.32 Å². The normalized spacial score (nSPS) is 14.8. The topological polar surface area (TPSA) is 69.6 Å². The molecule has 4 nitrogen and oxygen atoms in total. The summed E-state index contributed by atoms with van der Waals surface area (Å²) in [6, 6.07) is 7.70. The van der Waals surface area contributed by atoms with Crippen molar-refractivity contribution in [3.63, 3.8) is 0 Å². The van der Waals surface area contributed by atoms with Crippen LogP contribution in [0.25, 0.3) is 0 Å². The molecule has 0 bridgehead atoms. The zero-order chi connectivity index (χ0) is 15.5. The highest BCUT2D eigenvalue weighted by Gasteiger charge is 2.22. The van der Waals surface area contributed by atoms with Crippen LogP contribution in [0.2, 0.25) is 5.02 Å². The fourth-order valence-corrected chi connectivity index (χ4v) is 2.94. The van der Waals surface area contributed by atoms with Gasteiger partial charge in [0.2, 0.25) is 0 Å². The SMILES string of the molecule is CC(C)(Cc1ccc(Cl)cc1)NCCCS(C)(=O)(O)O. The van der Waals surface area contributed by atoms with E-state index in [1.54, 1.807) is 0 Å². The maximum absolute atomic E-state index is 11.3. The second kappa shape index (κ2) is 6.12. The summed E-state index contributed by atoms with van der Waals surface area (Å²) in [5, 5.41) is 4.05. The molecule has 3 N–H and O–H groups in total. The van der Waals surface area contributed by atoms with Gasteiger partial charge >= 0.3 is 0 Å². The molecule has 1 rings (SSSR count). The third kappa shape index (κ3) is 7.97. The Bertz CT molecular complexity index is 497.